The van der Waals surface area contributed by atoms with Gasteiger partial charge in [0, 0.05) is 0 Å². The molecule has 0 aliphatic carbocycles. The van der Waals surface area contributed by atoms with E-state index in [-0.39, 0.29) is 34.5 Å². The molecule has 0 fully saturated rings. The third-order valence-electron chi connectivity index (χ3n) is 4.32. The largest absolute Gasteiger partial charge is 1.00 e. The summed E-state index contributed by atoms with van der Waals surface area (Å²) in [6, 6.07) is 13.4. The minimum atomic E-state index is -4.47. The number of rotatable bonds is 11. The molecule has 0 atom stereocenters. The molecule has 0 aromatic heterocycles. The summed E-state index contributed by atoms with van der Waals surface area (Å²) >= 11 is 0. The third-order valence-corrected chi connectivity index (χ3v) is 5.15. The summed E-state index contributed by atoms with van der Waals surface area (Å²) in [6.45, 7) is 2.23. The summed E-state index contributed by atoms with van der Waals surface area (Å²) in [4.78, 5) is -0.287. The monoisotopic (exact) mass is 398 g/mol. The van der Waals surface area contributed by atoms with Crippen molar-refractivity contribution in [3.8, 4) is 11.5 Å². The van der Waals surface area contributed by atoms with Gasteiger partial charge in [0.1, 0.15) is 21.6 Å². The maximum absolute atomic E-state index is 11.1. The molecule has 2 rings (SSSR count). The van der Waals surface area contributed by atoms with Crippen molar-refractivity contribution in [2.45, 2.75) is 63.2 Å². The van der Waals surface area contributed by atoms with E-state index in [0.29, 0.717) is 11.5 Å². The van der Waals surface area contributed by atoms with Crippen molar-refractivity contribution in [1.29, 1.82) is 0 Å². The molecule has 0 bridgehead atoms. The predicted molar refractivity (Wildman–Crippen MR) is 103 cm³/mol. The van der Waals surface area contributed by atoms with Gasteiger partial charge in [-0.3, -0.25) is 0 Å². The van der Waals surface area contributed by atoms with Gasteiger partial charge in [-0.05, 0) is 48.7 Å². The van der Waals surface area contributed by atoms with E-state index in [2.05, 4.69) is 6.92 Å². The van der Waals surface area contributed by atoms with Crippen LogP contribution in [0.4, 0.5) is 0 Å². The van der Waals surface area contributed by atoms with Crippen molar-refractivity contribution >= 4 is 10.1 Å². The molecule has 0 aliphatic heterocycles. The smallest absolute Gasteiger partial charge is 0.744 e. The molecule has 0 saturated heterocycles. The number of hydrogen-bond donors (Lipinski definition) is 0. The quantitative estimate of drug-likeness (QED) is 0.332. The van der Waals surface area contributed by atoms with Crippen molar-refractivity contribution in [2.75, 3.05) is 0 Å². The van der Waals surface area contributed by atoms with Crippen molar-refractivity contribution in [3.63, 3.8) is 0 Å². The molecule has 0 spiro atoms. The van der Waals surface area contributed by atoms with E-state index in [1.807, 2.05) is 24.3 Å². The van der Waals surface area contributed by atoms with Crippen molar-refractivity contribution < 1.29 is 47.3 Å². The zero-order valence-corrected chi connectivity index (χ0v) is 19.1. The second-order valence-electron chi connectivity index (χ2n) is 6.55. The fourth-order valence-corrected chi connectivity index (χ4v) is 3.35. The van der Waals surface area contributed by atoms with Crippen LogP contribution in [0, 0.1) is 0 Å². The molecular weight excluding hydrogens is 371 g/mol. The summed E-state index contributed by atoms with van der Waals surface area (Å²) in [5.74, 6) is 0.954. The molecular formula is C21H27NaO4S. The van der Waals surface area contributed by atoms with Crippen LogP contribution in [0.2, 0.25) is 0 Å². The Kier molecular flexibility index (Phi) is 11.3. The fraction of sp³-hybridized carbons (Fsp3) is 0.429. The Morgan fingerprint density at radius 3 is 2.11 bits per heavy atom. The molecule has 142 valence electrons. The van der Waals surface area contributed by atoms with Gasteiger partial charge in [-0.2, -0.15) is 0 Å². The SMILES string of the molecule is CCCCCCCCCc1ccc(Oc2cccc(S(=O)(=O)[O-])c2)cc1.[Na+]. The van der Waals surface area contributed by atoms with E-state index in [4.69, 9.17) is 4.74 Å². The molecule has 2 aromatic carbocycles. The van der Waals surface area contributed by atoms with Gasteiger partial charge in [0.05, 0.1) is 4.90 Å². The summed E-state index contributed by atoms with van der Waals surface area (Å²) in [6.07, 6.45) is 10.1. The van der Waals surface area contributed by atoms with Crippen LogP contribution in [-0.2, 0) is 16.5 Å². The molecule has 0 amide bonds. The van der Waals surface area contributed by atoms with Crippen molar-refractivity contribution in [3.05, 3.63) is 54.1 Å². The van der Waals surface area contributed by atoms with E-state index in [0.717, 1.165) is 6.42 Å². The maximum atomic E-state index is 11.1. The van der Waals surface area contributed by atoms with Crippen molar-refractivity contribution in [1.82, 2.24) is 0 Å². The van der Waals surface area contributed by atoms with Crippen LogP contribution in [0.25, 0.3) is 0 Å². The van der Waals surface area contributed by atoms with Crippen LogP contribution in [-0.4, -0.2) is 13.0 Å². The molecule has 2 aromatic rings. The van der Waals surface area contributed by atoms with E-state index >= 15 is 0 Å². The minimum Gasteiger partial charge on any atom is -0.744 e. The van der Waals surface area contributed by atoms with Crippen LogP contribution >= 0.6 is 0 Å². The number of unbranched alkanes of at least 4 members (excludes halogenated alkanes) is 6. The zero-order chi connectivity index (χ0) is 18.8. The van der Waals surface area contributed by atoms with Gasteiger partial charge in [-0.25, -0.2) is 8.42 Å². The summed E-state index contributed by atoms with van der Waals surface area (Å²) in [5.41, 5.74) is 1.27. The Morgan fingerprint density at radius 2 is 1.48 bits per heavy atom. The van der Waals surface area contributed by atoms with E-state index in [1.54, 1.807) is 6.07 Å². The first-order chi connectivity index (χ1) is 12.5. The van der Waals surface area contributed by atoms with Crippen LogP contribution < -0.4 is 34.3 Å². The van der Waals surface area contributed by atoms with Gasteiger partial charge in [0.2, 0.25) is 0 Å². The maximum Gasteiger partial charge on any atom is 1.00 e. The Bertz CT molecular complexity index is 773. The molecule has 0 aliphatic rings. The van der Waals surface area contributed by atoms with Gasteiger partial charge in [-0.15, -0.1) is 0 Å². The first kappa shape index (κ1) is 24.2. The van der Waals surface area contributed by atoms with Gasteiger partial charge in [0.15, 0.2) is 0 Å². The second kappa shape index (κ2) is 12.6. The molecule has 4 nitrogen and oxygen atoms in total. The molecule has 0 saturated carbocycles. The molecule has 27 heavy (non-hydrogen) atoms. The van der Waals surface area contributed by atoms with Gasteiger partial charge in [0.25, 0.3) is 0 Å². The first-order valence-corrected chi connectivity index (χ1v) is 10.7. The second-order valence-corrected chi connectivity index (χ2v) is 7.93. The van der Waals surface area contributed by atoms with Crippen molar-refractivity contribution in [2.24, 2.45) is 0 Å². The standard InChI is InChI=1S/C21H28O4S.Na/c1-2-3-4-5-6-7-8-10-18-13-15-19(16-14-18)25-20-11-9-12-21(17-20)26(22,23)24;/h9,11-17H,2-8,10H2,1H3,(H,22,23,24);/q;+1/p-1. The Hall–Kier alpha value is -0.850. The average Bonchev–Trinajstić information content (AvgIpc) is 2.62. The van der Waals surface area contributed by atoms with Gasteiger partial charge >= 0.3 is 29.6 Å². The Balaban J connectivity index is 0.00000364. The summed E-state index contributed by atoms with van der Waals surface area (Å²) in [5, 5.41) is 0. The third kappa shape index (κ3) is 9.26. The topological polar surface area (TPSA) is 66.4 Å². The Morgan fingerprint density at radius 1 is 0.852 bits per heavy atom. The fourth-order valence-electron chi connectivity index (χ4n) is 2.84. The summed E-state index contributed by atoms with van der Waals surface area (Å²) < 4.78 is 38.9. The minimum absolute atomic E-state index is 0. The van der Waals surface area contributed by atoms with Crippen LogP contribution in [0.3, 0.4) is 0 Å². The van der Waals surface area contributed by atoms with E-state index in [1.165, 1.54) is 68.7 Å². The number of benzene rings is 2. The molecule has 0 N–H and O–H groups in total. The molecule has 6 heteroatoms. The Labute approximate surface area is 185 Å². The first-order valence-electron chi connectivity index (χ1n) is 9.32. The number of hydrogen-bond acceptors (Lipinski definition) is 4. The summed E-state index contributed by atoms with van der Waals surface area (Å²) in [7, 11) is -4.47. The average molecular weight is 399 g/mol. The number of aryl methyl sites for hydroxylation is 1. The van der Waals surface area contributed by atoms with E-state index in [9.17, 15) is 13.0 Å². The predicted octanol–water partition coefficient (Wildman–Crippen LogP) is 2.68. The van der Waals surface area contributed by atoms with Gasteiger partial charge < -0.3 is 9.29 Å². The molecule has 0 unspecified atom stereocenters. The van der Waals surface area contributed by atoms with Crippen LogP contribution in [0.1, 0.15) is 57.4 Å². The zero-order valence-electron chi connectivity index (χ0n) is 16.3. The van der Waals surface area contributed by atoms with Crippen LogP contribution in [0.15, 0.2) is 53.4 Å². The van der Waals surface area contributed by atoms with Gasteiger partial charge in [-0.1, -0.05) is 63.6 Å². The normalized spacial score (nSPS) is 11.0. The van der Waals surface area contributed by atoms with Crippen LogP contribution in [0.5, 0.6) is 11.5 Å². The molecule has 0 heterocycles. The number of ether oxygens (including phenoxy) is 1. The molecule has 0 radical (unpaired) electrons. The van der Waals surface area contributed by atoms with E-state index < -0.39 is 10.1 Å².